The van der Waals surface area contributed by atoms with E-state index < -0.39 is 0 Å². The predicted molar refractivity (Wildman–Crippen MR) is 92.1 cm³/mol. The lowest BCUT2D eigenvalue weighted by Gasteiger charge is -2.09. The molecule has 22 heavy (non-hydrogen) atoms. The van der Waals surface area contributed by atoms with Gasteiger partial charge >= 0.3 is 0 Å². The fraction of sp³-hybridized carbons (Fsp3) is 0.176. The van der Waals surface area contributed by atoms with Crippen LogP contribution in [0.3, 0.4) is 0 Å². The lowest BCUT2D eigenvalue weighted by atomic mass is 10.2. The molecule has 0 radical (unpaired) electrons. The number of hydrogen-bond donors (Lipinski definition) is 1. The topological polar surface area (TPSA) is 52.9 Å². The van der Waals surface area contributed by atoms with E-state index in [-0.39, 0.29) is 5.91 Å². The average Bonchev–Trinajstić information content (AvgIpc) is 2.52. The highest BCUT2D eigenvalue weighted by Gasteiger charge is 2.07. The van der Waals surface area contributed by atoms with Crippen LogP contribution in [0, 0.1) is 18.3 Å². The normalized spacial score (nSPS) is 10.0. The molecule has 0 saturated carbocycles. The molecule has 0 fully saturated rings. The number of amides is 1. The highest BCUT2D eigenvalue weighted by molar-refractivity contribution is 7.99. The molecule has 0 aromatic heterocycles. The second-order valence-corrected chi connectivity index (χ2v) is 6.16. The van der Waals surface area contributed by atoms with Crippen molar-refractivity contribution >= 4 is 35.0 Å². The number of carbonyl (C=O) groups is 1. The summed E-state index contributed by atoms with van der Waals surface area (Å²) >= 11 is 7.54. The molecule has 5 heteroatoms. The zero-order chi connectivity index (χ0) is 15.9. The molecule has 2 rings (SSSR count). The van der Waals surface area contributed by atoms with Crippen molar-refractivity contribution < 1.29 is 4.79 Å². The number of halogens is 1. The van der Waals surface area contributed by atoms with Crippen LogP contribution in [0.2, 0.25) is 5.02 Å². The predicted octanol–water partition coefficient (Wildman–Crippen LogP) is 4.39. The quantitative estimate of drug-likeness (QED) is 0.884. The number of nitriles is 1. The molecule has 0 bridgehead atoms. The van der Waals surface area contributed by atoms with Crippen LogP contribution >= 0.6 is 23.4 Å². The molecule has 0 atom stereocenters. The summed E-state index contributed by atoms with van der Waals surface area (Å²) < 4.78 is 0. The number of anilines is 1. The van der Waals surface area contributed by atoms with Crippen LogP contribution in [0.1, 0.15) is 16.7 Å². The largest absolute Gasteiger partial charge is 0.325 e. The van der Waals surface area contributed by atoms with Gasteiger partial charge in [0.25, 0.3) is 0 Å². The molecule has 0 aliphatic rings. The number of carbonyl (C=O) groups excluding carboxylic acids is 1. The first-order chi connectivity index (χ1) is 10.6. The van der Waals surface area contributed by atoms with Gasteiger partial charge in [0.2, 0.25) is 5.91 Å². The van der Waals surface area contributed by atoms with Gasteiger partial charge in [-0.2, -0.15) is 5.26 Å². The Morgan fingerprint density at radius 2 is 2.09 bits per heavy atom. The molecular formula is C17H15ClN2OS. The van der Waals surface area contributed by atoms with E-state index >= 15 is 0 Å². The van der Waals surface area contributed by atoms with Crippen molar-refractivity contribution in [3.63, 3.8) is 0 Å². The van der Waals surface area contributed by atoms with E-state index in [0.717, 1.165) is 16.8 Å². The summed E-state index contributed by atoms with van der Waals surface area (Å²) in [5, 5.41) is 12.4. The Bertz CT molecular complexity index is 725. The molecule has 112 valence electrons. The van der Waals surface area contributed by atoms with Crippen molar-refractivity contribution in [2.75, 3.05) is 11.1 Å². The lowest BCUT2D eigenvalue weighted by molar-refractivity contribution is -0.113. The van der Waals surface area contributed by atoms with Gasteiger partial charge in [0.05, 0.1) is 17.4 Å². The monoisotopic (exact) mass is 330 g/mol. The molecule has 3 nitrogen and oxygen atoms in total. The minimum absolute atomic E-state index is 0.0631. The van der Waals surface area contributed by atoms with E-state index in [4.69, 9.17) is 16.9 Å². The number of hydrogen-bond acceptors (Lipinski definition) is 3. The fourth-order valence-electron chi connectivity index (χ4n) is 1.92. The van der Waals surface area contributed by atoms with Gasteiger partial charge in [0, 0.05) is 16.5 Å². The molecule has 0 saturated heterocycles. The van der Waals surface area contributed by atoms with Crippen molar-refractivity contribution in [2.45, 2.75) is 12.7 Å². The number of nitrogens with one attached hydrogen (secondary N) is 1. The van der Waals surface area contributed by atoms with E-state index in [1.807, 2.05) is 37.3 Å². The smallest absolute Gasteiger partial charge is 0.234 e. The molecule has 1 amide bonds. The van der Waals surface area contributed by atoms with Gasteiger partial charge in [-0.25, -0.2) is 0 Å². The van der Waals surface area contributed by atoms with E-state index in [1.54, 1.807) is 12.1 Å². The molecule has 0 heterocycles. The Morgan fingerprint density at radius 3 is 2.86 bits per heavy atom. The Hall–Kier alpha value is -1.96. The first-order valence-electron chi connectivity index (χ1n) is 6.72. The number of rotatable bonds is 5. The van der Waals surface area contributed by atoms with Crippen molar-refractivity contribution in [1.29, 1.82) is 5.26 Å². The third-order valence-electron chi connectivity index (χ3n) is 3.10. The zero-order valence-corrected chi connectivity index (χ0v) is 13.7. The second-order valence-electron chi connectivity index (χ2n) is 4.77. The maximum atomic E-state index is 12.0. The summed E-state index contributed by atoms with van der Waals surface area (Å²) in [4.78, 5) is 12.0. The maximum absolute atomic E-state index is 12.0. The minimum Gasteiger partial charge on any atom is -0.325 e. The Labute approximate surface area is 139 Å². The van der Waals surface area contributed by atoms with Crippen molar-refractivity contribution in [3.8, 4) is 6.07 Å². The SMILES string of the molecule is Cc1c(Cl)cccc1NC(=O)CSCc1cccc(C#N)c1. The van der Waals surface area contributed by atoms with Crippen LogP contribution in [0.25, 0.3) is 0 Å². The third kappa shape index (κ3) is 4.52. The summed E-state index contributed by atoms with van der Waals surface area (Å²) in [5.41, 5.74) is 3.28. The number of benzene rings is 2. The highest BCUT2D eigenvalue weighted by atomic mass is 35.5. The van der Waals surface area contributed by atoms with Gasteiger partial charge in [0.1, 0.15) is 0 Å². The minimum atomic E-state index is -0.0631. The zero-order valence-electron chi connectivity index (χ0n) is 12.1. The van der Waals surface area contributed by atoms with Crippen molar-refractivity contribution in [3.05, 3.63) is 64.2 Å². The molecule has 0 aliphatic heterocycles. The van der Waals surface area contributed by atoms with E-state index in [9.17, 15) is 4.79 Å². The Balaban J connectivity index is 1.85. The van der Waals surface area contributed by atoms with Gasteiger partial charge in [-0.1, -0.05) is 29.8 Å². The van der Waals surface area contributed by atoms with Crippen LogP contribution in [-0.4, -0.2) is 11.7 Å². The lowest BCUT2D eigenvalue weighted by Crippen LogP contribution is -2.15. The molecule has 2 aromatic carbocycles. The van der Waals surface area contributed by atoms with Crippen LogP contribution in [0.5, 0.6) is 0 Å². The molecule has 1 N–H and O–H groups in total. The number of nitrogens with zero attached hydrogens (tertiary/aromatic N) is 1. The summed E-state index contributed by atoms with van der Waals surface area (Å²) in [7, 11) is 0. The van der Waals surface area contributed by atoms with E-state index in [2.05, 4.69) is 11.4 Å². The maximum Gasteiger partial charge on any atom is 0.234 e. The van der Waals surface area contributed by atoms with Crippen molar-refractivity contribution in [2.24, 2.45) is 0 Å². The van der Waals surface area contributed by atoms with Gasteiger partial charge in [-0.05, 0) is 42.3 Å². The average molecular weight is 331 g/mol. The van der Waals surface area contributed by atoms with E-state index in [0.29, 0.717) is 22.1 Å². The molecule has 0 aliphatic carbocycles. The summed E-state index contributed by atoms with van der Waals surface area (Å²) in [5.74, 6) is 0.979. The summed E-state index contributed by atoms with van der Waals surface area (Å²) in [6.07, 6.45) is 0. The summed E-state index contributed by atoms with van der Waals surface area (Å²) in [6.45, 7) is 1.87. The highest BCUT2D eigenvalue weighted by Crippen LogP contribution is 2.23. The first kappa shape index (κ1) is 16.4. The molecule has 0 unspecified atom stereocenters. The van der Waals surface area contributed by atoms with Crippen LogP contribution < -0.4 is 5.32 Å². The van der Waals surface area contributed by atoms with Gasteiger partial charge in [0.15, 0.2) is 0 Å². The molecular weight excluding hydrogens is 316 g/mol. The molecule has 2 aromatic rings. The van der Waals surface area contributed by atoms with Crippen molar-refractivity contribution in [1.82, 2.24) is 0 Å². The van der Waals surface area contributed by atoms with Gasteiger partial charge < -0.3 is 5.32 Å². The van der Waals surface area contributed by atoms with E-state index in [1.165, 1.54) is 11.8 Å². The number of thioether (sulfide) groups is 1. The standard InChI is InChI=1S/C17H15ClN2OS/c1-12-15(18)6-3-7-16(12)20-17(21)11-22-10-14-5-2-4-13(8-14)9-19/h2-8H,10-11H2,1H3,(H,20,21). The first-order valence-corrected chi connectivity index (χ1v) is 8.25. The van der Waals surface area contributed by atoms with Gasteiger partial charge in [-0.3, -0.25) is 4.79 Å². The second kappa shape index (κ2) is 7.88. The van der Waals surface area contributed by atoms with Crippen LogP contribution in [0.15, 0.2) is 42.5 Å². The Morgan fingerprint density at radius 1 is 1.32 bits per heavy atom. The fourth-order valence-corrected chi connectivity index (χ4v) is 2.87. The van der Waals surface area contributed by atoms with Crippen LogP contribution in [0.4, 0.5) is 5.69 Å². The van der Waals surface area contributed by atoms with Crippen LogP contribution in [-0.2, 0) is 10.5 Å². The van der Waals surface area contributed by atoms with Gasteiger partial charge in [-0.15, -0.1) is 11.8 Å². The Kier molecular flexibility index (Phi) is 5.88. The summed E-state index contributed by atoms with van der Waals surface area (Å²) in [6, 6.07) is 15.0. The third-order valence-corrected chi connectivity index (χ3v) is 4.51. The molecule has 0 spiro atoms.